The van der Waals surface area contributed by atoms with Crippen molar-refractivity contribution in [3.05, 3.63) is 21.9 Å². The summed E-state index contributed by atoms with van der Waals surface area (Å²) in [6.45, 7) is 9.17. The molecule has 3 heterocycles. The van der Waals surface area contributed by atoms with Gasteiger partial charge < -0.3 is 4.74 Å². The summed E-state index contributed by atoms with van der Waals surface area (Å²) < 4.78 is 6.13. The van der Waals surface area contributed by atoms with Gasteiger partial charge in [0.1, 0.15) is 0 Å². The Morgan fingerprint density at radius 3 is 2.77 bits per heavy atom. The lowest BCUT2D eigenvalue weighted by molar-refractivity contribution is -0.0727. The lowest BCUT2D eigenvalue weighted by atomic mass is 10.0. The Bertz CT molecular complexity index is 499. The summed E-state index contributed by atoms with van der Waals surface area (Å²) in [5.74, 6) is 0.993. The molecule has 0 bridgehead atoms. The highest BCUT2D eigenvalue weighted by Crippen LogP contribution is 2.33. The zero-order chi connectivity index (χ0) is 14.9. The molecule has 3 fully saturated rings. The Kier molecular flexibility index (Phi) is 4.54. The maximum Gasteiger partial charge on any atom is 0.0743 e. The number of ether oxygens (including phenoxy) is 1. The third-order valence-electron chi connectivity index (χ3n) is 5.44. The molecule has 0 spiro atoms. The fourth-order valence-electron chi connectivity index (χ4n) is 4.02. The molecule has 0 N–H and O–H groups in total. The number of aryl methyl sites for hydroxylation is 1. The maximum atomic E-state index is 6.13. The zero-order valence-corrected chi connectivity index (χ0v) is 14.5. The van der Waals surface area contributed by atoms with E-state index in [0.717, 1.165) is 25.6 Å². The molecule has 1 aromatic heterocycles. The van der Waals surface area contributed by atoms with E-state index in [4.69, 9.17) is 4.74 Å². The van der Waals surface area contributed by atoms with Gasteiger partial charge in [-0.3, -0.25) is 9.80 Å². The molecule has 2 aliphatic heterocycles. The van der Waals surface area contributed by atoms with Gasteiger partial charge in [-0.1, -0.05) is 0 Å². The van der Waals surface area contributed by atoms with E-state index < -0.39 is 0 Å². The van der Waals surface area contributed by atoms with Gasteiger partial charge in [0.05, 0.1) is 12.7 Å². The molecule has 2 saturated heterocycles. The van der Waals surface area contributed by atoms with Gasteiger partial charge in [-0.05, 0) is 50.7 Å². The van der Waals surface area contributed by atoms with Crippen LogP contribution in [-0.2, 0) is 11.3 Å². The highest BCUT2D eigenvalue weighted by molar-refractivity contribution is 7.11. The first kappa shape index (κ1) is 15.1. The Hall–Kier alpha value is -0.420. The molecule has 1 saturated carbocycles. The SMILES string of the molecule is Cc1ccc(CN2CC[C@@H]3OCCN(CC4CC4)[C@H]3CC2)s1. The lowest BCUT2D eigenvalue weighted by Crippen LogP contribution is -2.51. The van der Waals surface area contributed by atoms with Crippen LogP contribution in [-0.4, -0.2) is 54.7 Å². The molecule has 2 atom stereocenters. The van der Waals surface area contributed by atoms with E-state index in [1.54, 1.807) is 0 Å². The average Bonchev–Trinajstić information content (AvgIpc) is 3.26. The van der Waals surface area contributed by atoms with Gasteiger partial charge in [-0.2, -0.15) is 0 Å². The molecular formula is C18H28N2OS. The molecule has 0 aromatic carbocycles. The van der Waals surface area contributed by atoms with Gasteiger partial charge in [0.2, 0.25) is 0 Å². The third kappa shape index (κ3) is 3.56. The first-order valence-corrected chi connectivity index (χ1v) is 9.73. The summed E-state index contributed by atoms with van der Waals surface area (Å²) in [4.78, 5) is 8.34. The van der Waals surface area contributed by atoms with E-state index in [9.17, 15) is 0 Å². The number of fused-ring (bicyclic) bond motifs is 1. The number of thiophene rings is 1. The van der Waals surface area contributed by atoms with Crippen LogP contribution in [0.5, 0.6) is 0 Å². The molecule has 3 nitrogen and oxygen atoms in total. The Balaban J connectivity index is 1.37. The normalized spacial score (nSPS) is 31.0. The topological polar surface area (TPSA) is 15.7 Å². The van der Waals surface area contributed by atoms with Crippen molar-refractivity contribution in [2.24, 2.45) is 5.92 Å². The summed E-state index contributed by atoms with van der Waals surface area (Å²) in [6.07, 6.45) is 5.87. The van der Waals surface area contributed by atoms with Crippen LogP contribution in [0.2, 0.25) is 0 Å². The van der Waals surface area contributed by atoms with Crippen LogP contribution in [0.1, 0.15) is 35.4 Å². The van der Waals surface area contributed by atoms with Gasteiger partial charge in [0, 0.05) is 48.5 Å². The molecule has 3 aliphatic rings. The monoisotopic (exact) mass is 320 g/mol. The second-order valence-corrected chi connectivity index (χ2v) is 8.65. The van der Waals surface area contributed by atoms with E-state index >= 15 is 0 Å². The van der Waals surface area contributed by atoms with Crippen molar-refractivity contribution in [2.75, 3.05) is 32.8 Å². The van der Waals surface area contributed by atoms with Crippen molar-refractivity contribution in [1.82, 2.24) is 9.80 Å². The van der Waals surface area contributed by atoms with Crippen LogP contribution >= 0.6 is 11.3 Å². The molecule has 4 heteroatoms. The first-order chi connectivity index (χ1) is 10.8. The summed E-state index contributed by atoms with van der Waals surface area (Å²) in [5, 5.41) is 0. The van der Waals surface area contributed by atoms with Crippen molar-refractivity contribution in [1.29, 1.82) is 0 Å². The zero-order valence-electron chi connectivity index (χ0n) is 13.7. The summed E-state index contributed by atoms with van der Waals surface area (Å²) in [7, 11) is 0. The van der Waals surface area contributed by atoms with Crippen LogP contribution in [0, 0.1) is 12.8 Å². The number of likely N-dealkylation sites (tertiary alicyclic amines) is 1. The number of hydrogen-bond donors (Lipinski definition) is 0. The maximum absolute atomic E-state index is 6.13. The first-order valence-electron chi connectivity index (χ1n) is 8.91. The molecule has 0 amide bonds. The minimum Gasteiger partial charge on any atom is -0.375 e. The van der Waals surface area contributed by atoms with Crippen molar-refractivity contribution in [3.8, 4) is 0 Å². The van der Waals surface area contributed by atoms with Gasteiger partial charge >= 0.3 is 0 Å². The third-order valence-corrected chi connectivity index (χ3v) is 6.43. The standard InChI is InChI=1S/C18H28N2OS/c1-14-2-5-16(22-14)13-19-8-6-17-18(7-9-19)21-11-10-20(17)12-15-3-4-15/h2,5,15,17-18H,3-4,6-13H2,1H3/t17-,18-/m0/s1. The largest absolute Gasteiger partial charge is 0.375 e. The Labute approximate surface area is 138 Å². The van der Waals surface area contributed by atoms with E-state index in [2.05, 4.69) is 28.9 Å². The van der Waals surface area contributed by atoms with Crippen LogP contribution in [0.4, 0.5) is 0 Å². The number of rotatable bonds is 4. The minimum atomic E-state index is 0.475. The predicted octanol–water partition coefficient (Wildman–Crippen LogP) is 3.13. The second-order valence-electron chi connectivity index (χ2n) is 7.28. The van der Waals surface area contributed by atoms with E-state index in [0.29, 0.717) is 12.1 Å². The minimum absolute atomic E-state index is 0.475. The van der Waals surface area contributed by atoms with Gasteiger partial charge in [0.25, 0.3) is 0 Å². The van der Waals surface area contributed by atoms with Crippen LogP contribution < -0.4 is 0 Å². The van der Waals surface area contributed by atoms with Gasteiger partial charge in [-0.15, -0.1) is 11.3 Å². The Morgan fingerprint density at radius 1 is 1.14 bits per heavy atom. The van der Waals surface area contributed by atoms with E-state index in [1.165, 1.54) is 55.1 Å². The highest BCUT2D eigenvalue weighted by atomic mass is 32.1. The summed E-state index contributed by atoms with van der Waals surface area (Å²) in [5.41, 5.74) is 0. The quantitative estimate of drug-likeness (QED) is 0.848. The van der Waals surface area contributed by atoms with E-state index in [-0.39, 0.29) is 0 Å². The summed E-state index contributed by atoms with van der Waals surface area (Å²) in [6, 6.07) is 5.22. The summed E-state index contributed by atoms with van der Waals surface area (Å²) >= 11 is 1.95. The Morgan fingerprint density at radius 2 is 2.00 bits per heavy atom. The van der Waals surface area contributed by atoms with Crippen LogP contribution in [0.15, 0.2) is 12.1 Å². The second kappa shape index (κ2) is 6.60. The van der Waals surface area contributed by atoms with E-state index in [1.807, 2.05) is 11.3 Å². The molecule has 1 aliphatic carbocycles. The van der Waals surface area contributed by atoms with Gasteiger partial charge in [0.15, 0.2) is 0 Å². The molecule has 0 radical (unpaired) electrons. The van der Waals surface area contributed by atoms with Crippen molar-refractivity contribution in [3.63, 3.8) is 0 Å². The van der Waals surface area contributed by atoms with Crippen LogP contribution in [0.25, 0.3) is 0 Å². The number of hydrogen-bond acceptors (Lipinski definition) is 4. The fourth-order valence-corrected chi connectivity index (χ4v) is 4.95. The fraction of sp³-hybridized carbons (Fsp3) is 0.778. The molecular weight excluding hydrogens is 292 g/mol. The van der Waals surface area contributed by atoms with Crippen molar-refractivity contribution < 1.29 is 4.74 Å². The molecule has 122 valence electrons. The molecule has 4 rings (SSSR count). The van der Waals surface area contributed by atoms with Crippen LogP contribution in [0.3, 0.4) is 0 Å². The van der Waals surface area contributed by atoms with Crippen molar-refractivity contribution >= 4 is 11.3 Å². The molecule has 0 unspecified atom stereocenters. The smallest absolute Gasteiger partial charge is 0.0743 e. The molecule has 1 aromatic rings. The van der Waals surface area contributed by atoms with Crippen molar-refractivity contribution in [2.45, 2.75) is 51.3 Å². The highest BCUT2D eigenvalue weighted by Gasteiger charge is 2.37. The lowest BCUT2D eigenvalue weighted by Gasteiger charge is -2.40. The predicted molar refractivity (Wildman–Crippen MR) is 91.4 cm³/mol. The van der Waals surface area contributed by atoms with Gasteiger partial charge in [-0.25, -0.2) is 0 Å². The average molecular weight is 321 g/mol. The number of morpholine rings is 1. The number of nitrogens with zero attached hydrogens (tertiary/aromatic N) is 2. The molecule has 22 heavy (non-hydrogen) atoms.